The van der Waals surface area contributed by atoms with Crippen LogP contribution in [0.5, 0.6) is 0 Å². The summed E-state index contributed by atoms with van der Waals surface area (Å²) in [5.41, 5.74) is -1.17. The SMILES string of the molecule is COC(=O)CC(C)C(C(=O)OC)P(=O)(OC)OC. The summed E-state index contributed by atoms with van der Waals surface area (Å²) in [5, 5.41) is 0. The smallest absolute Gasteiger partial charge is 0.344 e. The van der Waals surface area contributed by atoms with Gasteiger partial charge in [0.05, 0.1) is 14.2 Å². The number of carbonyl (C=O) groups excluding carboxylic acids is 2. The van der Waals surface area contributed by atoms with Crippen molar-refractivity contribution in [3.63, 3.8) is 0 Å². The molecule has 0 aliphatic heterocycles. The number of esters is 2. The van der Waals surface area contributed by atoms with Gasteiger partial charge in [0.15, 0.2) is 5.66 Å². The molecule has 0 radical (unpaired) electrons. The molecule has 0 amide bonds. The van der Waals surface area contributed by atoms with Crippen LogP contribution in [0.3, 0.4) is 0 Å². The molecule has 8 heteroatoms. The number of hydrogen-bond donors (Lipinski definition) is 0. The van der Waals surface area contributed by atoms with Gasteiger partial charge in [0.1, 0.15) is 0 Å². The molecule has 0 aromatic rings. The first-order valence-electron chi connectivity index (χ1n) is 5.22. The fourth-order valence-corrected chi connectivity index (χ4v) is 3.25. The Hall–Kier alpha value is -0.910. The van der Waals surface area contributed by atoms with Crippen LogP contribution in [0.15, 0.2) is 0 Å². The third-order valence-corrected chi connectivity index (χ3v) is 4.97. The number of ether oxygens (including phenoxy) is 2. The van der Waals surface area contributed by atoms with Crippen molar-refractivity contribution in [2.75, 3.05) is 28.4 Å². The maximum Gasteiger partial charge on any atom is 0.344 e. The van der Waals surface area contributed by atoms with Crippen LogP contribution in [-0.2, 0) is 32.7 Å². The number of carbonyl (C=O) groups is 2. The summed E-state index contributed by atoms with van der Waals surface area (Å²) in [7, 11) is 1.07. The van der Waals surface area contributed by atoms with E-state index in [1.54, 1.807) is 6.92 Å². The van der Waals surface area contributed by atoms with Crippen molar-refractivity contribution >= 4 is 19.5 Å². The van der Waals surface area contributed by atoms with Crippen LogP contribution in [0.1, 0.15) is 13.3 Å². The van der Waals surface area contributed by atoms with Gasteiger partial charge in [0.25, 0.3) is 0 Å². The van der Waals surface area contributed by atoms with E-state index in [1.807, 2.05) is 0 Å². The zero-order valence-corrected chi connectivity index (χ0v) is 12.1. The summed E-state index contributed by atoms with van der Waals surface area (Å²) >= 11 is 0. The van der Waals surface area contributed by atoms with E-state index in [0.717, 1.165) is 7.11 Å². The molecule has 0 saturated carbocycles. The van der Waals surface area contributed by atoms with Crippen molar-refractivity contribution < 1.29 is 32.7 Å². The highest BCUT2D eigenvalue weighted by molar-refractivity contribution is 7.55. The molecule has 7 nitrogen and oxygen atoms in total. The molecule has 0 N–H and O–H groups in total. The summed E-state index contributed by atoms with van der Waals surface area (Å²) in [4.78, 5) is 22.9. The molecule has 0 saturated heterocycles. The Balaban J connectivity index is 5.17. The van der Waals surface area contributed by atoms with Crippen molar-refractivity contribution in [3.05, 3.63) is 0 Å². The maximum atomic E-state index is 12.3. The second kappa shape index (κ2) is 7.51. The minimum atomic E-state index is -3.67. The predicted octanol–water partition coefficient (Wildman–Crippen LogP) is 1.21. The maximum absolute atomic E-state index is 12.3. The zero-order chi connectivity index (χ0) is 14.3. The molecule has 18 heavy (non-hydrogen) atoms. The van der Waals surface area contributed by atoms with E-state index in [0.29, 0.717) is 0 Å². The van der Waals surface area contributed by atoms with Gasteiger partial charge in [-0.05, 0) is 5.92 Å². The van der Waals surface area contributed by atoms with Gasteiger partial charge in [0.2, 0.25) is 0 Å². The van der Waals surface area contributed by atoms with Crippen molar-refractivity contribution in [2.24, 2.45) is 5.92 Å². The summed E-state index contributed by atoms with van der Waals surface area (Å²) in [5.74, 6) is -1.87. The third kappa shape index (κ3) is 4.08. The molecular weight excluding hydrogens is 263 g/mol. The predicted molar refractivity (Wildman–Crippen MR) is 63.2 cm³/mol. The Morgan fingerprint density at radius 1 is 1.06 bits per heavy atom. The zero-order valence-electron chi connectivity index (χ0n) is 11.2. The molecule has 0 aromatic carbocycles. The van der Waals surface area contributed by atoms with E-state index in [2.05, 4.69) is 9.47 Å². The number of hydrogen-bond acceptors (Lipinski definition) is 7. The van der Waals surface area contributed by atoms with Gasteiger partial charge in [0, 0.05) is 20.6 Å². The summed E-state index contributed by atoms with van der Waals surface area (Å²) in [6.45, 7) is 1.57. The van der Waals surface area contributed by atoms with Gasteiger partial charge >= 0.3 is 19.5 Å². The second-order valence-corrected chi connectivity index (χ2v) is 6.00. The van der Waals surface area contributed by atoms with Crippen molar-refractivity contribution in [1.82, 2.24) is 0 Å². The fourth-order valence-electron chi connectivity index (χ4n) is 1.55. The third-order valence-electron chi connectivity index (χ3n) is 2.55. The van der Waals surface area contributed by atoms with E-state index < -0.39 is 31.1 Å². The van der Waals surface area contributed by atoms with Gasteiger partial charge in [-0.1, -0.05) is 6.92 Å². The van der Waals surface area contributed by atoms with Crippen LogP contribution in [0.25, 0.3) is 0 Å². The van der Waals surface area contributed by atoms with E-state index in [1.165, 1.54) is 21.3 Å². The molecule has 0 bridgehead atoms. The first kappa shape index (κ1) is 17.1. The lowest BCUT2D eigenvalue weighted by Gasteiger charge is -2.26. The molecule has 0 spiro atoms. The Morgan fingerprint density at radius 3 is 1.89 bits per heavy atom. The van der Waals surface area contributed by atoms with E-state index in [9.17, 15) is 14.2 Å². The van der Waals surface area contributed by atoms with Crippen LogP contribution >= 0.6 is 7.60 Å². The molecule has 0 fully saturated rings. The average Bonchev–Trinajstić information content (AvgIpc) is 2.37. The first-order valence-corrected chi connectivity index (χ1v) is 6.83. The first-order chi connectivity index (χ1) is 8.36. The topological polar surface area (TPSA) is 88.1 Å². The standard InChI is InChI=1S/C10H19O7P/c1-7(6-8(11)14-2)9(10(12)15-3)18(13,16-4)17-5/h7,9H,6H2,1-5H3. The Bertz CT molecular complexity index is 333. The monoisotopic (exact) mass is 282 g/mol. The summed E-state index contributed by atoms with van der Waals surface area (Å²) in [6.07, 6.45) is -0.0903. The Labute approximate surface area is 106 Å². The fraction of sp³-hybridized carbons (Fsp3) is 0.800. The minimum absolute atomic E-state index is 0.0903. The van der Waals surface area contributed by atoms with Gasteiger partial charge in [-0.25, -0.2) is 0 Å². The van der Waals surface area contributed by atoms with Crippen molar-refractivity contribution in [2.45, 2.75) is 19.0 Å². The molecule has 2 unspecified atom stereocenters. The summed E-state index contributed by atoms with van der Waals surface area (Å²) in [6, 6.07) is 0. The van der Waals surface area contributed by atoms with Crippen LogP contribution in [0.2, 0.25) is 0 Å². The van der Waals surface area contributed by atoms with Crippen LogP contribution < -0.4 is 0 Å². The summed E-state index contributed by atoms with van der Waals surface area (Å²) < 4.78 is 30.9. The highest BCUT2D eigenvalue weighted by Crippen LogP contribution is 2.55. The van der Waals surface area contributed by atoms with Gasteiger partial charge in [-0.15, -0.1) is 0 Å². The lowest BCUT2D eigenvalue weighted by atomic mass is 10.0. The Kier molecular flexibility index (Phi) is 7.13. The molecule has 0 heterocycles. The highest BCUT2D eigenvalue weighted by atomic mass is 31.2. The average molecular weight is 282 g/mol. The normalized spacial score (nSPS) is 14.7. The Morgan fingerprint density at radius 2 is 1.56 bits per heavy atom. The number of methoxy groups -OCH3 is 2. The molecule has 106 valence electrons. The second-order valence-electron chi connectivity index (χ2n) is 3.63. The molecule has 0 aliphatic carbocycles. The molecule has 0 aliphatic rings. The van der Waals surface area contributed by atoms with Crippen molar-refractivity contribution in [3.8, 4) is 0 Å². The van der Waals surface area contributed by atoms with Crippen LogP contribution in [0, 0.1) is 5.92 Å². The molecule has 0 rings (SSSR count). The quantitative estimate of drug-likeness (QED) is 0.512. The van der Waals surface area contributed by atoms with E-state index >= 15 is 0 Å². The largest absolute Gasteiger partial charge is 0.469 e. The van der Waals surface area contributed by atoms with E-state index in [-0.39, 0.29) is 6.42 Å². The molecule has 0 aromatic heterocycles. The van der Waals surface area contributed by atoms with E-state index in [4.69, 9.17) is 9.05 Å². The van der Waals surface area contributed by atoms with Gasteiger partial charge in [-0.2, -0.15) is 0 Å². The van der Waals surface area contributed by atoms with Crippen molar-refractivity contribution in [1.29, 1.82) is 0 Å². The van der Waals surface area contributed by atoms with Crippen LogP contribution in [-0.4, -0.2) is 46.0 Å². The highest BCUT2D eigenvalue weighted by Gasteiger charge is 2.45. The van der Waals surface area contributed by atoms with Crippen LogP contribution in [0.4, 0.5) is 0 Å². The number of rotatable bonds is 7. The molecular formula is C10H19O7P. The van der Waals surface area contributed by atoms with Gasteiger partial charge in [-0.3, -0.25) is 14.2 Å². The lowest BCUT2D eigenvalue weighted by molar-refractivity contribution is -0.144. The molecule has 2 atom stereocenters. The lowest BCUT2D eigenvalue weighted by Crippen LogP contribution is -2.32. The van der Waals surface area contributed by atoms with Gasteiger partial charge < -0.3 is 18.5 Å². The minimum Gasteiger partial charge on any atom is -0.469 e.